The zero-order valence-corrected chi connectivity index (χ0v) is 19.6. The first kappa shape index (κ1) is 23.5. The molecule has 2 N–H and O–H groups in total. The third-order valence-corrected chi connectivity index (χ3v) is 6.43. The zero-order chi connectivity index (χ0) is 25.1. The van der Waals surface area contributed by atoms with Crippen molar-refractivity contribution in [3.05, 3.63) is 98.1 Å². The van der Waals surface area contributed by atoms with Gasteiger partial charge in [0.15, 0.2) is 0 Å². The van der Waals surface area contributed by atoms with E-state index in [2.05, 4.69) is 31.5 Å². The standard InChI is InChI=1S/C24H12BrClF5N3O/c25-10-5-16-20(21(34-23(16)35)15-7-11(27)1-2-18(15)26)19(6-10)33-22-14-8-12(28)9-17(24(29,30)31)13(14)3-4-32-22/h1-9,21H,(H,32,33)(H,34,35). The SMILES string of the molecule is O=C1NC(c2cc(F)ccc2Cl)c2c(Nc3nccc4c(C(F)(F)F)cc(F)cc34)cc(Br)cc21. The van der Waals surface area contributed by atoms with Crippen molar-refractivity contribution >= 4 is 55.7 Å². The molecule has 5 rings (SSSR count). The molecule has 1 aliphatic rings. The molecular weight excluding hydrogens is 557 g/mol. The summed E-state index contributed by atoms with van der Waals surface area (Å²) in [5.41, 5.74) is 0.0709. The number of nitrogens with zero attached hydrogens (tertiary/aromatic N) is 1. The van der Waals surface area contributed by atoms with Crippen molar-refractivity contribution in [3.8, 4) is 0 Å². The molecule has 1 aliphatic heterocycles. The number of carbonyl (C=O) groups is 1. The van der Waals surface area contributed by atoms with Crippen LogP contribution in [0.3, 0.4) is 0 Å². The quantitative estimate of drug-likeness (QED) is 0.251. The van der Waals surface area contributed by atoms with Crippen LogP contribution in [-0.2, 0) is 6.18 Å². The molecule has 35 heavy (non-hydrogen) atoms. The molecule has 4 aromatic rings. The number of hydrogen-bond acceptors (Lipinski definition) is 3. The maximum Gasteiger partial charge on any atom is 0.417 e. The Morgan fingerprint density at radius 2 is 1.77 bits per heavy atom. The molecule has 2 heterocycles. The summed E-state index contributed by atoms with van der Waals surface area (Å²) in [6.45, 7) is 0. The Morgan fingerprint density at radius 1 is 1.00 bits per heavy atom. The van der Waals surface area contributed by atoms with Crippen molar-refractivity contribution < 1.29 is 26.7 Å². The molecular formula is C24H12BrClF5N3O. The van der Waals surface area contributed by atoms with Crippen molar-refractivity contribution in [2.45, 2.75) is 12.2 Å². The van der Waals surface area contributed by atoms with E-state index in [1.807, 2.05) is 0 Å². The molecule has 0 saturated carbocycles. The van der Waals surface area contributed by atoms with Crippen LogP contribution in [0.15, 0.2) is 59.2 Å². The van der Waals surface area contributed by atoms with E-state index >= 15 is 0 Å². The van der Waals surface area contributed by atoms with E-state index < -0.39 is 35.3 Å². The topological polar surface area (TPSA) is 54.0 Å². The number of anilines is 2. The lowest BCUT2D eigenvalue weighted by atomic mass is 9.96. The summed E-state index contributed by atoms with van der Waals surface area (Å²) in [5, 5.41) is 5.55. The van der Waals surface area contributed by atoms with E-state index in [0.29, 0.717) is 21.7 Å². The highest BCUT2D eigenvalue weighted by Crippen LogP contribution is 2.43. The number of hydrogen-bond donors (Lipinski definition) is 2. The smallest absolute Gasteiger partial charge is 0.341 e. The minimum atomic E-state index is -4.79. The van der Waals surface area contributed by atoms with Gasteiger partial charge in [-0.05, 0) is 53.9 Å². The van der Waals surface area contributed by atoms with Crippen molar-refractivity contribution in [1.82, 2.24) is 10.3 Å². The number of benzene rings is 3. The fourth-order valence-corrected chi connectivity index (χ4v) is 4.87. The zero-order valence-electron chi connectivity index (χ0n) is 17.3. The van der Waals surface area contributed by atoms with Gasteiger partial charge in [-0.25, -0.2) is 13.8 Å². The number of rotatable bonds is 3. The summed E-state index contributed by atoms with van der Waals surface area (Å²) in [4.78, 5) is 16.8. The van der Waals surface area contributed by atoms with E-state index in [-0.39, 0.29) is 32.9 Å². The van der Waals surface area contributed by atoms with Crippen LogP contribution in [0, 0.1) is 11.6 Å². The van der Waals surface area contributed by atoms with Crippen LogP contribution in [0.2, 0.25) is 5.02 Å². The van der Waals surface area contributed by atoms with E-state index in [1.54, 1.807) is 12.1 Å². The van der Waals surface area contributed by atoms with Crippen LogP contribution >= 0.6 is 27.5 Å². The predicted octanol–water partition coefficient (Wildman–Crippen LogP) is 7.52. The summed E-state index contributed by atoms with van der Waals surface area (Å²) in [5.74, 6) is -2.16. The summed E-state index contributed by atoms with van der Waals surface area (Å²) < 4.78 is 69.3. The molecule has 0 radical (unpaired) electrons. The van der Waals surface area contributed by atoms with Gasteiger partial charge >= 0.3 is 6.18 Å². The minimum Gasteiger partial charge on any atom is -0.341 e. The molecule has 1 amide bonds. The van der Waals surface area contributed by atoms with Crippen LogP contribution in [0.1, 0.15) is 33.1 Å². The number of aromatic nitrogens is 1. The number of carbonyl (C=O) groups excluding carboxylic acids is 1. The maximum absolute atomic E-state index is 14.2. The van der Waals surface area contributed by atoms with E-state index in [4.69, 9.17) is 11.6 Å². The second-order valence-corrected chi connectivity index (χ2v) is 9.14. The van der Waals surface area contributed by atoms with Crippen molar-refractivity contribution in [3.63, 3.8) is 0 Å². The Kier molecular flexibility index (Phi) is 5.68. The summed E-state index contributed by atoms with van der Waals surface area (Å²) in [6.07, 6.45) is -3.62. The van der Waals surface area contributed by atoms with Crippen molar-refractivity contribution in [1.29, 1.82) is 0 Å². The van der Waals surface area contributed by atoms with Crippen LogP contribution in [-0.4, -0.2) is 10.9 Å². The molecule has 1 unspecified atom stereocenters. The fraction of sp³-hybridized carbons (Fsp3) is 0.0833. The Balaban J connectivity index is 1.70. The van der Waals surface area contributed by atoms with Gasteiger partial charge in [0.1, 0.15) is 17.5 Å². The number of nitrogens with one attached hydrogen (secondary N) is 2. The molecule has 0 aliphatic carbocycles. The number of pyridine rings is 1. The monoisotopic (exact) mass is 567 g/mol. The molecule has 1 atom stereocenters. The van der Waals surface area contributed by atoms with Gasteiger partial charge in [0, 0.05) is 43.5 Å². The Bertz CT molecular complexity index is 1530. The number of halogens is 7. The van der Waals surface area contributed by atoms with Gasteiger partial charge in [0.05, 0.1) is 11.6 Å². The van der Waals surface area contributed by atoms with Gasteiger partial charge in [0.25, 0.3) is 5.91 Å². The highest BCUT2D eigenvalue weighted by molar-refractivity contribution is 9.10. The molecule has 1 aromatic heterocycles. The maximum atomic E-state index is 14.2. The summed E-state index contributed by atoms with van der Waals surface area (Å²) in [6, 6.07) is 8.53. The second-order valence-electron chi connectivity index (χ2n) is 7.82. The highest BCUT2D eigenvalue weighted by atomic mass is 79.9. The molecule has 178 valence electrons. The normalized spacial score (nSPS) is 15.3. The summed E-state index contributed by atoms with van der Waals surface area (Å²) >= 11 is 9.60. The molecule has 0 fully saturated rings. The first-order chi connectivity index (χ1) is 16.5. The lowest BCUT2D eigenvalue weighted by molar-refractivity contribution is -0.136. The van der Waals surface area contributed by atoms with Gasteiger partial charge < -0.3 is 10.6 Å². The van der Waals surface area contributed by atoms with Gasteiger partial charge in [-0.15, -0.1) is 0 Å². The number of fused-ring (bicyclic) bond motifs is 2. The molecule has 0 saturated heterocycles. The molecule has 4 nitrogen and oxygen atoms in total. The van der Waals surface area contributed by atoms with Crippen molar-refractivity contribution in [2.24, 2.45) is 0 Å². The van der Waals surface area contributed by atoms with Gasteiger partial charge in [0.2, 0.25) is 0 Å². The van der Waals surface area contributed by atoms with Crippen LogP contribution in [0.25, 0.3) is 10.8 Å². The van der Waals surface area contributed by atoms with Gasteiger partial charge in [-0.1, -0.05) is 27.5 Å². The first-order valence-corrected chi connectivity index (χ1v) is 11.2. The average Bonchev–Trinajstić information content (AvgIpc) is 3.11. The number of amides is 1. The Hall–Kier alpha value is -3.24. The average molecular weight is 569 g/mol. The fourth-order valence-electron chi connectivity index (χ4n) is 4.18. The molecule has 3 aromatic carbocycles. The Labute approximate surface area is 208 Å². The highest BCUT2D eigenvalue weighted by Gasteiger charge is 2.36. The van der Waals surface area contributed by atoms with E-state index in [1.165, 1.54) is 24.4 Å². The van der Waals surface area contributed by atoms with Crippen LogP contribution in [0.4, 0.5) is 33.5 Å². The Morgan fingerprint density at radius 3 is 2.51 bits per heavy atom. The van der Waals surface area contributed by atoms with Crippen LogP contribution in [0.5, 0.6) is 0 Å². The van der Waals surface area contributed by atoms with Gasteiger partial charge in [-0.3, -0.25) is 4.79 Å². The second kappa shape index (κ2) is 8.46. The third-order valence-electron chi connectivity index (χ3n) is 5.63. The predicted molar refractivity (Wildman–Crippen MR) is 125 cm³/mol. The summed E-state index contributed by atoms with van der Waals surface area (Å²) in [7, 11) is 0. The number of alkyl halides is 3. The van der Waals surface area contributed by atoms with Crippen molar-refractivity contribution in [2.75, 3.05) is 5.32 Å². The minimum absolute atomic E-state index is 0.0590. The largest absolute Gasteiger partial charge is 0.417 e. The first-order valence-electron chi connectivity index (χ1n) is 10.0. The third kappa shape index (κ3) is 4.21. The van der Waals surface area contributed by atoms with E-state index in [9.17, 15) is 26.7 Å². The van der Waals surface area contributed by atoms with Gasteiger partial charge in [-0.2, -0.15) is 13.2 Å². The van der Waals surface area contributed by atoms with Crippen LogP contribution < -0.4 is 10.6 Å². The molecule has 0 bridgehead atoms. The lowest BCUT2D eigenvalue weighted by Gasteiger charge is -2.19. The van der Waals surface area contributed by atoms with E-state index in [0.717, 1.165) is 12.1 Å². The molecule has 11 heteroatoms. The lowest BCUT2D eigenvalue weighted by Crippen LogP contribution is -2.20. The molecule has 0 spiro atoms.